The maximum absolute atomic E-state index is 12.6. The minimum atomic E-state index is -0.644. The number of nitrogens with zero attached hydrogens (tertiary/aromatic N) is 2. The maximum atomic E-state index is 12.6. The lowest BCUT2D eigenvalue weighted by atomic mass is 9.93. The van der Waals surface area contributed by atoms with Crippen molar-refractivity contribution in [2.24, 2.45) is 0 Å². The molecule has 0 unspecified atom stereocenters. The fraction of sp³-hybridized carbons (Fsp3) is 0.353. The van der Waals surface area contributed by atoms with Gasteiger partial charge in [0.1, 0.15) is 5.66 Å². The molecule has 7 nitrogen and oxygen atoms in total. The largest absolute Gasteiger partial charge is 0.361 e. The molecule has 1 spiro atoms. The summed E-state index contributed by atoms with van der Waals surface area (Å²) >= 11 is 0. The fourth-order valence-electron chi connectivity index (χ4n) is 3.42. The number of piperidine rings is 1. The number of para-hydroxylation sites is 1. The van der Waals surface area contributed by atoms with Gasteiger partial charge >= 0.3 is 0 Å². The van der Waals surface area contributed by atoms with Crippen molar-refractivity contribution in [1.29, 1.82) is 0 Å². The first-order valence-electron chi connectivity index (χ1n) is 7.99. The van der Waals surface area contributed by atoms with Crippen LogP contribution in [0.4, 0.5) is 5.69 Å². The summed E-state index contributed by atoms with van der Waals surface area (Å²) in [6, 6.07) is 9.03. The first-order valence-corrected chi connectivity index (χ1v) is 7.99. The average molecular weight is 326 g/mol. The van der Waals surface area contributed by atoms with Crippen LogP contribution in [-0.2, 0) is 0 Å². The molecule has 7 heteroatoms. The highest BCUT2D eigenvalue weighted by Gasteiger charge is 2.42. The van der Waals surface area contributed by atoms with Gasteiger partial charge in [0, 0.05) is 18.3 Å². The molecule has 4 rings (SSSR count). The maximum Gasteiger partial charge on any atom is 0.292 e. The van der Waals surface area contributed by atoms with E-state index in [0.29, 0.717) is 24.3 Å². The molecule has 1 saturated heterocycles. The van der Waals surface area contributed by atoms with Crippen molar-refractivity contribution in [3.05, 3.63) is 47.3 Å². The van der Waals surface area contributed by atoms with Crippen molar-refractivity contribution in [3.8, 4) is 0 Å². The van der Waals surface area contributed by atoms with Crippen molar-refractivity contribution in [2.45, 2.75) is 25.4 Å². The van der Waals surface area contributed by atoms with Crippen molar-refractivity contribution in [1.82, 2.24) is 15.4 Å². The first-order chi connectivity index (χ1) is 11.6. The summed E-state index contributed by atoms with van der Waals surface area (Å²) in [5.41, 5.74) is 1.45. The highest BCUT2D eigenvalue weighted by molar-refractivity contribution is 6.02. The molecule has 0 radical (unpaired) electrons. The molecule has 1 atom stereocenters. The van der Waals surface area contributed by atoms with Gasteiger partial charge in [0.2, 0.25) is 5.76 Å². The van der Waals surface area contributed by atoms with Gasteiger partial charge in [0.25, 0.3) is 11.8 Å². The van der Waals surface area contributed by atoms with Crippen LogP contribution in [0.2, 0.25) is 0 Å². The summed E-state index contributed by atoms with van der Waals surface area (Å²) in [4.78, 5) is 26.7. The Balaban J connectivity index is 1.59. The van der Waals surface area contributed by atoms with Gasteiger partial charge in [0.15, 0.2) is 0 Å². The number of aromatic nitrogens is 1. The van der Waals surface area contributed by atoms with Gasteiger partial charge in [-0.3, -0.25) is 9.59 Å². The Morgan fingerprint density at radius 2 is 2.17 bits per heavy atom. The number of anilines is 1. The molecule has 1 aromatic carbocycles. The van der Waals surface area contributed by atoms with Crippen LogP contribution in [0.1, 0.15) is 39.4 Å². The van der Waals surface area contributed by atoms with Gasteiger partial charge in [-0.25, -0.2) is 0 Å². The number of carbonyl (C=O) groups is 2. The summed E-state index contributed by atoms with van der Waals surface area (Å²) in [5.74, 6) is -0.0918. The van der Waals surface area contributed by atoms with Crippen LogP contribution in [0, 0.1) is 6.92 Å². The Labute approximate surface area is 139 Å². The monoisotopic (exact) mass is 326 g/mol. The van der Waals surface area contributed by atoms with E-state index in [9.17, 15) is 9.59 Å². The first kappa shape index (κ1) is 14.7. The summed E-state index contributed by atoms with van der Waals surface area (Å²) in [6.45, 7) is 2.78. The third-order valence-corrected chi connectivity index (χ3v) is 4.52. The summed E-state index contributed by atoms with van der Waals surface area (Å²) < 4.78 is 5.08. The molecule has 0 bridgehead atoms. The molecule has 3 heterocycles. The van der Waals surface area contributed by atoms with Crippen LogP contribution in [0.5, 0.6) is 0 Å². The van der Waals surface area contributed by atoms with Gasteiger partial charge in [-0.05, 0) is 31.9 Å². The molecular weight excluding hydrogens is 308 g/mol. The second kappa shape index (κ2) is 5.36. The van der Waals surface area contributed by atoms with Crippen molar-refractivity contribution >= 4 is 17.5 Å². The van der Waals surface area contributed by atoms with Crippen molar-refractivity contribution < 1.29 is 14.1 Å². The van der Waals surface area contributed by atoms with Crippen LogP contribution in [0.25, 0.3) is 0 Å². The number of hydrogen-bond donors (Lipinski definition) is 2. The Bertz CT molecular complexity index is 816. The van der Waals surface area contributed by atoms with Gasteiger partial charge < -0.3 is 20.1 Å². The number of nitrogens with one attached hydrogen (secondary N) is 2. The zero-order valence-electron chi connectivity index (χ0n) is 13.3. The zero-order valence-corrected chi connectivity index (χ0v) is 13.3. The number of hydrogen-bond acceptors (Lipinski definition) is 5. The summed E-state index contributed by atoms with van der Waals surface area (Å²) in [6.07, 6.45) is 1.54. The van der Waals surface area contributed by atoms with Crippen LogP contribution < -0.4 is 10.6 Å². The molecule has 2 N–H and O–H groups in total. The Hall–Kier alpha value is -2.83. The third-order valence-electron chi connectivity index (χ3n) is 4.52. The van der Waals surface area contributed by atoms with E-state index in [1.807, 2.05) is 18.2 Å². The predicted molar refractivity (Wildman–Crippen MR) is 86.6 cm³/mol. The Morgan fingerprint density at radius 1 is 1.33 bits per heavy atom. The predicted octanol–water partition coefficient (Wildman–Crippen LogP) is 1.77. The van der Waals surface area contributed by atoms with E-state index in [4.69, 9.17) is 4.52 Å². The van der Waals surface area contributed by atoms with Crippen LogP contribution in [0.15, 0.2) is 34.9 Å². The topological polar surface area (TPSA) is 87.5 Å². The number of benzene rings is 1. The number of likely N-dealkylation sites (tertiary alicyclic amines) is 1. The summed E-state index contributed by atoms with van der Waals surface area (Å²) in [5, 5.41) is 10.2. The molecular formula is C17H18N4O3. The van der Waals surface area contributed by atoms with Crippen LogP contribution in [-0.4, -0.2) is 40.6 Å². The van der Waals surface area contributed by atoms with E-state index in [1.165, 1.54) is 0 Å². The lowest BCUT2D eigenvalue weighted by molar-refractivity contribution is 0.0558. The van der Waals surface area contributed by atoms with E-state index in [2.05, 4.69) is 15.8 Å². The lowest BCUT2D eigenvalue weighted by Crippen LogP contribution is -2.66. The smallest absolute Gasteiger partial charge is 0.292 e. The molecule has 2 aromatic rings. The molecule has 0 aliphatic carbocycles. The van der Waals surface area contributed by atoms with E-state index < -0.39 is 5.66 Å². The van der Waals surface area contributed by atoms with Crippen molar-refractivity contribution in [3.63, 3.8) is 0 Å². The number of aryl methyl sites for hydroxylation is 1. The minimum Gasteiger partial charge on any atom is -0.361 e. The van der Waals surface area contributed by atoms with Crippen molar-refractivity contribution in [2.75, 3.05) is 18.4 Å². The van der Waals surface area contributed by atoms with Crippen LogP contribution in [0.3, 0.4) is 0 Å². The lowest BCUT2D eigenvalue weighted by Gasteiger charge is -2.46. The fourth-order valence-corrected chi connectivity index (χ4v) is 3.42. The average Bonchev–Trinajstić information content (AvgIpc) is 3.00. The quantitative estimate of drug-likeness (QED) is 0.834. The van der Waals surface area contributed by atoms with E-state index in [-0.39, 0.29) is 17.6 Å². The van der Waals surface area contributed by atoms with E-state index in [0.717, 1.165) is 18.5 Å². The zero-order chi connectivity index (χ0) is 16.7. The normalized spacial score (nSPS) is 22.7. The van der Waals surface area contributed by atoms with Gasteiger partial charge in [0.05, 0.1) is 17.8 Å². The second-order valence-corrected chi connectivity index (χ2v) is 6.37. The number of fused-ring (bicyclic) bond motifs is 1. The Morgan fingerprint density at radius 3 is 2.96 bits per heavy atom. The standard InChI is InChI=1S/C17H18N4O3/c1-11-9-14(24-20-11)16(23)21-8-4-7-17(10-21)18-13-6-3-2-5-12(13)15(22)19-17/h2-3,5-6,9,18H,4,7-8,10H2,1H3,(H,19,22)/t17-/m0/s1. The highest BCUT2D eigenvalue weighted by Crippen LogP contribution is 2.30. The Kier molecular flexibility index (Phi) is 3.30. The number of rotatable bonds is 1. The van der Waals surface area contributed by atoms with Gasteiger partial charge in [-0.2, -0.15) is 0 Å². The molecule has 2 aliphatic rings. The molecule has 1 fully saturated rings. The highest BCUT2D eigenvalue weighted by atomic mass is 16.5. The number of carbonyl (C=O) groups excluding carboxylic acids is 2. The second-order valence-electron chi connectivity index (χ2n) is 6.37. The summed E-state index contributed by atoms with van der Waals surface area (Å²) in [7, 11) is 0. The SMILES string of the molecule is Cc1cc(C(=O)N2CCC[C@@]3(C2)NC(=O)c2ccccc2N3)on1. The van der Waals surface area contributed by atoms with Gasteiger partial charge in [-0.1, -0.05) is 17.3 Å². The third kappa shape index (κ3) is 2.42. The van der Waals surface area contributed by atoms with E-state index in [1.54, 1.807) is 24.0 Å². The van der Waals surface area contributed by atoms with E-state index >= 15 is 0 Å². The molecule has 2 aliphatic heterocycles. The molecule has 124 valence electrons. The number of amides is 2. The molecule has 0 saturated carbocycles. The van der Waals surface area contributed by atoms with Gasteiger partial charge in [-0.15, -0.1) is 0 Å². The van der Waals surface area contributed by atoms with Crippen LogP contribution >= 0.6 is 0 Å². The molecule has 1 aromatic heterocycles. The molecule has 2 amide bonds. The minimum absolute atomic E-state index is 0.117. The molecule has 24 heavy (non-hydrogen) atoms.